The maximum atomic E-state index is 11.3. The number of nitrogens with one attached hydrogen (secondary N) is 2. The van der Waals surface area contributed by atoms with Gasteiger partial charge in [0.15, 0.2) is 10.9 Å². The molecule has 0 spiro atoms. The normalized spacial score (nSPS) is 12.6. The third-order valence-corrected chi connectivity index (χ3v) is 4.11. The molecule has 0 fully saturated rings. The largest absolute Gasteiger partial charge is 0.332 e. The van der Waals surface area contributed by atoms with Crippen LogP contribution in [0, 0.1) is 0 Å². The number of carbonyl (C=O) groups excluding carboxylic acids is 1. The lowest BCUT2D eigenvalue weighted by Gasteiger charge is -2.12. The van der Waals surface area contributed by atoms with Crippen LogP contribution in [0.5, 0.6) is 0 Å². The summed E-state index contributed by atoms with van der Waals surface area (Å²) < 4.78 is 0. The lowest BCUT2D eigenvalue weighted by atomic mass is 10.1. The van der Waals surface area contributed by atoms with Crippen LogP contribution in [-0.4, -0.2) is 10.9 Å². The van der Waals surface area contributed by atoms with E-state index in [2.05, 4.69) is 28.8 Å². The van der Waals surface area contributed by atoms with Gasteiger partial charge in [-0.2, -0.15) is 0 Å². The lowest BCUT2D eigenvalue weighted by molar-refractivity contribution is 0.101. The van der Waals surface area contributed by atoms with Crippen molar-refractivity contribution < 1.29 is 4.79 Å². The standard InChI is InChI=1S/C18H18N2OS/c1-12(21)13-5-8-16(9-6-13)19-18(22)20-17-10-7-14-3-2-4-15(14)11-17/h5-11H,2-4H2,1H3,(H2,19,20,22). The van der Waals surface area contributed by atoms with E-state index in [1.807, 2.05) is 12.1 Å². The van der Waals surface area contributed by atoms with Crippen LogP contribution in [0.15, 0.2) is 42.5 Å². The molecule has 2 N–H and O–H groups in total. The number of aryl methyl sites for hydroxylation is 2. The van der Waals surface area contributed by atoms with Crippen molar-refractivity contribution in [1.82, 2.24) is 0 Å². The van der Waals surface area contributed by atoms with Crippen molar-refractivity contribution in [2.75, 3.05) is 10.6 Å². The van der Waals surface area contributed by atoms with Gasteiger partial charge in [-0.3, -0.25) is 4.79 Å². The average Bonchev–Trinajstić information content (AvgIpc) is 2.95. The Morgan fingerprint density at radius 2 is 1.59 bits per heavy atom. The van der Waals surface area contributed by atoms with Crippen molar-refractivity contribution in [2.45, 2.75) is 26.2 Å². The highest BCUT2D eigenvalue weighted by Gasteiger charge is 2.11. The molecule has 0 saturated carbocycles. The second-order valence-electron chi connectivity index (χ2n) is 5.55. The van der Waals surface area contributed by atoms with Crippen LogP contribution in [-0.2, 0) is 12.8 Å². The van der Waals surface area contributed by atoms with Gasteiger partial charge in [-0.1, -0.05) is 6.07 Å². The monoisotopic (exact) mass is 310 g/mol. The molecule has 1 aliphatic carbocycles. The topological polar surface area (TPSA) is 41.1 Å². The highest BCUT2D eigenvalue weighted by atomic mass is 32.1. The quantitative estimate of drug-likeness (QED) is 0.659. The number of fused-ring (bicyclic) bond motifs is 1. The van der Waals surface area contributed by atoms with Crippen molar-refractivity contribution in [2.24, 2.45) is 0 Å². The van der Waals surface area contributed by atoms with Gasteiger partial charge in [0.05, 0.1) is 0 Å². The van der Waals surface area contributed by atoms with Crippen LogP contribution >= 0.6 is 12.2 Å². The molecule has 0 amide bonds. The summed E-state index contributed by atoms with van der Waals surface area (Å²) in [5.41, 5.74) is 5.44. The molecule has 0 aliphatic heterocycles. The van der Waals surface area contributed by atoms with Crippen molar-refractivity contribution >= 4 is 34.5 Å². The zero-order valence-corrected chi connectivity index (χ0v) is 13.3. The molecule has 0 heterocycles. The molecule has 2 aromatic carbocycles. The number of Topliss-reactive ketones (excluding diaryl/α,β-unsaturated/α-hetero) is 1. The molecule has 0 radical (unpaired) electrons. The molecule has 3 nitrogen and oxygen atoms in total. The van der Waals surface area contributed by atoms with Gasteiger partial charge in [-0.25, -0.2) is 0 Å². The number of rotatable bonds is 3. The van der Waals surface area contributed by atoms with E-state index >= 15 is 0 Å². The molecule has 0 unspecified atom stereocenters. The Bertz CT molecular complexity index is 722. The van der Waals surface area contributed by atoms with Gasteiger partial charge >= 0.3 is 0 Å². The first-order valence-corrected chi connectivity index (χ1v) is 7.83. The summed E-state index contributed by atoms with van der Waals surface area (Å²) in [7, 11) is 0. The molecule has 2 aromatic rings. The minimum absolute atomic E-state index is 0.0605. The zero-order chi connectivity index (χ0) is 15.5. The van der Waals surface area contributed by atoms with E-state index in [0.29, 0.717) is 10.7 Å². The summed E-state index contributed by atoms with van der Waals surface area (Å²) in [6.07, 6.45) is 3.57. The average molecular weight is 310 g/mol. The Balaban J connectivity index is 1.63. The van der Waals surface area contributed by atoms with Crippen molar-refractivity contribution in [3.8, 4) is 0 Å². The molecule has 1 aliphatic rings. The highest BCUT2D eigenvalue weighted by Crippen LogP contribution is 2.25. The van der Waals surface area contributed by atoms with Gasteiger partial charge in [0.25, 0.3) is 0 Å². The van der Waals surface area contributed by atoms with Crippen LogP contribution < -0.4 is 10.6 Å². The second-order valence-corrected chi connectivity index (χ2v) is 5.96. The number of hydrogen-bond acceptors (Lipinski definition) is 2. The van der Waals surface area contributed by atoms with E-state index in [9.17, 15) is 4.79 Å². The molecule has 112 valence electrons. The predicted molar refractivity (Wildman–Crippen MR) is 94.8 cm³/mol. The van der Waals surface area contributed by atoms with Gasteiger partial charge < -0.3 is 10.6 Å². The Kier molecular flexibility index (Phi) is 4.20. The predicted octanol–water partition coefficient (Wildman–Crippen LogP) is 4.19. The van der Waals surface area contributed by atoms with Crippen molar-refractivity contribution in [1.29, 1.82) is 0 Å². The van der Waals surface area contributed by atoms with Crippen LogP contribution in [0.25, 0.3) is 0 Å². The Morgan fingerprint density at radius 1 is 0.955 bits per heavy atom. The third-order valence-electron chi connectivity index (χ3n) is 3.91. The van der Waals surface area contributed by atoms with Gasteiger partial charge in [0.2, 0.25) is 0 Å². The van der Waals surface area contributed by atoms with E-state index in [4.69, 9.17) is 12.2 Å². The lowest BCUT2D eigenvalue weighted by Crippen LogP contribution is -2.19. The number of carbonyl (C=O) groups is 1. The molecule has 22 heavy (non-hydrogen) atoms. The number of ketones is 1. The molecular weight excluding hydrogens is 292 g/mol. The van der Waals surface area contributed by atoms with E-state index in [1.54, 1.807) is 19.1 Å². The first-order chi connectivity index (χ1) is 10.6. The maximum absolute atomic E-state index is 11.3. The number of benzene rings is 2. The van der Waals surface area contributed by atoms with Gasteiger partial charge in [-0.05, 0) is 85.9 Å². The molecule has 0 atom stereocenters. The summed E-state index contributed by atoms with van der Waals surface area (Å²) in [6.45, 7) is 1.56. The first kappa shape index (κ1) is 14.7. The van der Waals surface area contributed by atoms with Crippen molar-refractivity contribution in [3.63, 3.8) is 0 Å². The number of hydrogen-bond donors (Lipinski definition) is 2. The fourth-order valence-electron chi connectivity index (χ4n) is 2.73. The zero-order valence-electron chi connectivity index (χ0n) is 12.5. The van der Waals surface area contributed by atoms with Gasteiger partial charge in [0, 0.05) is 16.9 Å². The summed E-state index contributed by atoms with van der Waals surface area (Å²) >= 11 is 5.34. The van der Waals surface area contributed by atoms with Crippen LogP contribution in [0.2, 0.25) is 0 Å². The maximum Gasteiger partial charge on any atom is 0.175 e. The minimum atomic E-state index is 0.0605. The minimum Gasteiger partial charge on any atom is -0.332 e. The third kappa shape index (κ3) is 3.34. The fraction of sp³-hybridized carbons (Fsp3) is 0.222. The number of anilines is 2. The van der Waals surface area contributed by atoms with Crippen LogP contribution in [0.4, 0.5) is 11.4 Å². The summed E-state index contributed by atoms with van der Waals surface area (Å²) in [5, 5.41) is 6.89. The van der Waals surface area contributed by atoms with E-state index in [0.717, 1.165) is 17.8 Å². The summed E-state index contributed by atoms with van der Waals surface area (Å²) in [4.78, 5) is 11.3. The molecule has 0 bridgehead atoms. The van der Waals surface area contributed by atoms with E-state index in [-0.39, 0.29) is 5.78 Å². The highest BCUT2D eigenvalue weighted by molar-refractivity contribution is 7.80. The molecule has 3 rings (SSSR count). The van der Waals surface area contributed by atoms with Crippen LogP contribution in [0.3, 0.4) is 0 Å². The van der Waals surface area contributed by atoms with Crippen molar-refractivity contribution in [3.05, 3.63) is 59.2 Å². The Morgan fingerprint density at radius 3 is 2.32 bits per heavy atom. The first-order valence-electron chi connectivity index (χ1n) is 7.42. The fourth-order valence-corrected chi connectivity index (χ4v) is 2.97. The summed E-state index contributed by atoms with van der Waals surface area (Å²) in [5.74, 6) is 0.0605. The van der Waals surface area contributed by atoms with E-state index in [1.165, 1.54) is 24.0 Å². The second kappa shape index (κ2) is 6.28. The molecule has 0 saturated heterocycles. The molecular formula is C18H18N2OS. The van der Waals surface area contributed by atoms with Crippen LogP contribution in [0.1, 0.15) is 34.8 Å². The summed E-state index contributed by atoms with van der Waals surface area (Å²) in [6, 6.07) is 13.7. The smallest absolute Gasteiger partial charge is 0.175 e. The molecule has 0 aromatic heterocycles. The van der Waals surface area contributed by atoms with Gasteiger partial charge in [-0.15, -0.1) is 0 Å². The van der Waals surface area contributed by atoms with E-state index < -0.39 is 0 Å². The Labute approximate surface area is 135 Å². The Hall–Kier alpha value is -2.20. The molecule has 4 heteroatoms. The van der Waals surface area contributed by atoms with Gasteiger partial charge in [0.1, 0.15) is 0 Å². The number of thiocarbonyl (C=S) groups is 1. The SMILES string of the molecule is CC(=O)c1ccc(NC(=S)Nc2ccc3c(c2)CCC3)cc1.